The van der Waals surface area contributed by atoms with E-state index in [1.165, 1.54) is 13.8 Å². The second kappa shape index (κ2) is 12.4. The first kappa shape index (κ1) is 26.8. The summed E-state index contributed by atoms with van der Waals surface area (Å²) in [5, 5.41) is 25.8. The molecule has 0 heterocycles. The summed E-state index contributed by atoms with van der Waals surface area (Å²) in [6.45, 7) is 10.3. The molecule has 5 atom stereocenters. The molecule has 0 aliphatic heterocycles. The Bertz CT molecular complexity index is 579. The van der Waals surface area contributed by atoms with Crippen molar-refractivity contribution in [1.82, 2.24) is 16.0 Å². The highest BCUT2D eigenvalue weighted by atomic mass is 16.4. The van der Waals surface area contributed by atoms with Crippen LogP contribution < -0.4 is 21.7 Å². The Morgan fingerprint density at radius 3 is 1.72 bits per heavy atom. The lowest BCUT2D eigenvalue weighted by Crippen LogP contribution is -2.57. The number of amides is 3. The van der Waals surface area contributed by atoms with E-state index < -0.39 is 54.0 Å². The van der Waals surface area contributed by atoms with Crippen molar-refractivity contribution >= 4 is 23.7 Å². The Morgan fingerprint density at radius 2 is 1.31 bits per heavy atom. The van der Waals surface area contributed by atoms with Gasteiger partial charge in [-0.2, -0.15) is 0 Å². The Morgan fingerprint density at radius 1 is 0.793 bits per heavy atom. The number of hydrogen-bond acceptors (Lipinski definition) is 6. The second-order valence-electron chi connectivity index (χ2n) is 8.22. The van der Waals surface area contributed by atoms with Crippen LogP contribution in [0.3, 0.4) is 0 Å². The predicted molar refractivity (Wildman–Crippen MR) is 108 cm³/mol. The van der Waals surface area contributed by atoms with Crippen LogP contribution in [0.1, 0.15) is 54.4 Å². The summed E-state index contributed by atoms with van der Waals surface area (Å²) < 4.78 is 0. The summed E-state index contributed by atoms with van der Waals surface area (Å²) in [6, 6.07) is -4.20. The molecular formula is C19H36N4O6. The van der Waals surface area contributed by atoms with Gasteiger partial charge in [0.1, 0.15) is 12.1 Å². The molecule has 0 spiro atoms. The van der Waals surface area contributed by atoms with Gasteiger partial charge in [-0.1, -0.05) is 27.7 Å². The van der Waals surface area contributed by atoms with Gasteiger partial charge < -0.3 is 31.9 Å². The molecule has 7 N–H and O–H groups in total. The number of rotatable bonds is 12. The monoisotopic (exact) mass is 416 g/mol. The zero-order valence-corrected chi connectivity index (χ0v) is 18.1. The Labute approximate surface area is 172 Å². The Balaban J connectivity index is 5.06. The van der Waals surface area contributed by atoms with Gasteiger partial charge in [0.15, 0.2) is 6.04 Å². The van der Waals surface area contributed by atoms with Crippen LogP contribution in [0.25, 0.3) is 0 Å². The lowest BCUT2D eigenvalue weighted by atomic mass is 10.0. The molecule has 168 valence electrons. The van der Waals surface area contributed by atoms with Crippen molar-refractivity contribution in [3.05, 3.63) is 0 Å². The molecule has 0 saturated heterocycles. The second-order valence-corrected chi connectivity index (χ2v) is 8.22. The molecule has 0 aliphatic carbocycles. The number of carboxylic acids is 1. The molecule has 0 aromatic carbocycles. The quantitative estimate of drug-likeness (QED) is 0.245. The molecular weight excluding hydrogens is 380 g/mol. The molecule has 10 nitrogen and oxygen atoms in total. The van der Waals surface area contributed by atoms with Gasteiger partial charge in [-0.05, 0) is 38.5 Å². The fraction of sp³-hybridized carbons (Fsp3) is 0.789. The molecule has 0 aromatic heterocycles. The smallest absolute Gasteiger partial charge is 0.328 e. The number of carboxylic acid groups (broad SMARTS) is 1. The van der Waals surface area contributed by atoms with E-state index in [1.54, 1.807) is 0 Å². The van der Waals surface area contributed by atoms with E-state index in [0.29, 0.717) is 12.8 Å². The predicted octanol–water partition coefficient (Wildman–Crippen LogP) is -0.654. The van der Waals surface area contributed by atoms with E-state index in [2.05, 4.69) is 16.0 Å². The van der Waals surface area contributed by atoms with Crippen LogP contribution in [0.15, 0.2) is 0 Å². The van der Waals surface area contributed by atoms with Gasteiger partial charge in [0.25, 0.3) is 0 Å². The van der Waals surface area contributed by atoms with E-state index in [1.807, 2.05) is 27.7 Å². The van der Waals surface area contributed by atoms with E-state index in [0.717, 1.165) is 0 Å². The van der Waals surface area contributed by atoms with E-state index in [-0.39, 0.29) is 11.8 Å². The topological polar surface area (TPSA) is 171 Å². The van der Waals surface area contributed by atoms with Gasteiger partial charge >= 0.3 is 5.97 Å². The van der Waals surface area contributed by atoms with Crippen molar-refractivity contribution < 1.29 is 29.4 Å². The third kappa shape index (κ3) is 10.2. The zero-order valence-electron chi connectivity index (χ0n) is 18.1. The number of carbonyl (C=O) groups excluding carboxylic acids is 3. The van der Waals surface area contributed by atoms with Crippen LogP contribution in [0.4, 0.5) is 0 Å². The van der Waals surface area contributed by atoms with Gasteiger partial charge in [-0.25, -0.2) is 4.79 Å². The van der Waals surface area contributed by atoms with Gasteiger partial charge in [0.2, 0.25) is 17.7 Å². The number of aliphatic hydroxyl groups is 1. The van der Waals surface area contributed by atoms with Crippen molar-refractivity contribution in [2.75, 3.05) is 0 Å². The van der Waals surface area contributed by atoms with Crippen molar-refractivity contribution in [2.24, 2.45) is 17.6 Å². The fourth-order valence-electron chi connectivity index (χ4n) is 2.64. The van der Waals surface area contributed by atoms with Crippen LogP contribution in [0.5, 0.6) is 0 Å². The van der Waals surface area contributed by atoms with Gasteiger partial charge in [-0.15, -0.1) is 0 Å². The van der Waals surface area contributed by atoms with E-state index in [4.69, 9.17) is 10.8 Å². The molecule has 0 rings (SSSR count). The molecule has 0 aliphatic rings. The number of aliphatic carboxylic acids is 1. The summed E-state index contributed by atoms with van der Waals surface area (Å²) in [5.41, 5.74) is 5.87. The Kier molecular flexibility index (Phi) is 11.4. The SMILES string of the molecule is CC(C)CC(N)C(=O)NC(CC(C)C)C(=O)NC(C)C(=O)NC(C(=O)O)C(C)O. The molecule has 5 unspecified atom stereocenters. The molecule has 29 heavy (non-hydrogen) atoms. The van der Waals surface area contributed by atoms with Crippen LogP contribution in [0, 0.1) is 11.8 Å². The first-order valence-electron chi connectivity index (χ1n) is 9.83. The summed E-state index contributed by atoms with van der Waals surface area (Å²) in [5.74, 6) is -2.88. The standard InChI is InChI=1S/C19H36N4O6/c1-9(2)7-13(20)17(26)22-14(8-10(3)4)18(27)21-11(5)16(25)23-15(12(6)24)19(28)29/h9-15,24H,7-8,20H2,1-6H3,(H,21,27)(H,22,26)(H,23,25)(H,28,29). The normalized spacial score (nSPS) is 16.5. The fourth-order valence-corrected chi connectivity index (χ4v) is 2.64. The highest BCUT2D eigenvalue weighted by Crippen LogP contribution is 2.08. The summed E-state index contributed by atoms with van der Waals surface area (Å²) in [6.07, 6.45) is -0.503. The summed E-state index contributed by atoms with van der Waals surface area (Å²) in [7, 11) is 0. The lowest BCUT2D eigenvalue weighted by Gasteiger charge is -2.25. The number of nitrogens with one attached hydrogen (secondary N) is 3. The maximum absolute atomic E-state index is 12.6. The molecule has 0 saturated carbocycles. The molecule has 10 heteroatoms. The van der Waals surface area contributed by atoms with Crippen molar-refractivity contribution in [3.8, 4) is 0 Å². The number of hydrogen-bond donors (Lipinski definition) is 6. The van der Waals surface area contributed by atoms with Crippen molar-refractivity contribution in [2.45, 2.75) is 84.7 Å². The minimum Gasteiger partial charge on any atom is -0.480 e. The first-order valence-corrected chi connectivity index (χ1v) is 9.83. The Hall–Kier alpha value is -2.20. The largest absolute Gasteiger partial charge is 0.480 e. The molecule has 0 fully saturated rings. The van der Waals surface area contributed by atoms with Crippen molar-refractivity contribution in [3.63, 3.8) is 0 Å². The van der Waals surface area contributed by atoms with Crippen LogP contribution >= 0.6 is 0 Å². The minimum atomic E-state index is -1.50. The highest BCUT2D eigenvalue weighted by molar-refractivity contribution is 5.93. The van der Waals surface area contributed by atoms with Crippen molar-refractivity contribution in [1.29, 1.82) is 0 Å². The lowest BCUT2D eigenvalue weighted by molar-refractivity contribution is -0.145. The van der Waals surface area contributed by atoms with Crippen LogP contribution in [0.2, 0.25) is 0 Å². The van der Waals surface area contributed by atoms with Gasteiger partial charge in [0, 0.05) is 0 Å². The zero-order chi connectivity index (χ0) is 22.9. The first-order chi connectivity index (χ1) is 13.3. The molecule has 0 radical (unpaired) electrons. The number of aliphatic hydroxyl groups excluding tert-OH is 1. The maximum atomic E-state index is 12.6. The van der Waals surface area contributed by atoms with Gasteiger partial charge in [0.05, 0.1) is 12.1 Å². The summed E-state index contributed by atoms with van der Waals surface area (Å²) >= 11 is 0. The molecule has 0 aromatic rings. The number of carbonyl (C=O) groups is 4. The van der Waals surface area contributed by atoms with Crippen LogP contribution in [-0.4, -0.2) is 64.2 Å². The highest BCUT2D eigenvalue weighted by Gasteiger charge is 2.30. The van der Waals surface area contributed by atoms with E-state index in [9.17, 15) is 24.3 Å². The third-order valence-electron chi connectivity index (χ3n) is 4.20. The molecule has 3 amide bonds. The summed E-state index contributed by atoms with van der Waals surface area (Å²) in [4.78, 5) is 48.2. The minimum absolute atomic E-state index is 0.0862. The average molecular weight is 417 g/mol. The maximum Gasteiger partial charge on any atom is 0.328 e. The van der Waals surface area contributed by atoms with E-state index >= 15 is 0 Å². The number of nitrogens with two attached hydrogens (primary N) is 1. The third-order valence-corrected chi connectivity index (χ3v) is 4.20. The van der Waals surface area contributed by atoms with Gasteiger partial charge in [-0.3, -0.25) is 14.4 Å². The molecule has 0 bridgehead atoms. The van der Waals surface area contributed by atoms with Crippen LogP contribution in [-0.2, 0) is 19.2 Å². The average Bonchev–Trinajstić information content (AvgIpc) is 2.56.